The lowest BCUT2D eigenvalue weighted by Crippen LogP contribution is -1.93. The maximum Gasteiger partial charge on any atom is 0.119 e. The first-order chi connectivity index (χ1) is 8.33. The number of methoxy groups -OCH3 is 1. The number of benzene rings is 2. The zero-order chi connectivity index (χ0) is 12.1. The first-order valence-electron chi connectivity index (χ1n) is 5.67. The van der Waals surface area contributed by atoms with Gasteiger partial charge in [0.15, 0.2) is 0 Å². The molecule has 0 saturated heterocycles. The van der Waals surface area contributed by atoms with Crippen LogP contribution in [-0.4, -0.2) is 18.8 Å². The third kappa shape index (κ3) is 2.86. The van der Waals surface area contributed by atoms with E-state index in [0.29, 0.717) is 6.42 Å². The number of aliphatic hydroxyl groups excluding tert-OH is 1. The highest BCUT2D eigenvalue weighted by atomic mass is 16.5. The Morgan fingerprint density at radius 1 is 1.00 bits per heavy atom. The molecule has 0 radical (unpaired) electrons. The molecular formula is C15H16O2. The van der Waals surface area contributed by atoms with Crippen LogP contribution < -0.4 is 4.74 Å². The Kier molecular flexibility index (Phi) is 3.78. The molecule has 0 aliphatic carbocycles. The molecule has 0 aliphatic rings. The minimum Gasteiger partial charge on any atom is -0.497 e. The molecular weight excluding hydrogens is 212 g/mol. The van der Waals surface area contributed by atoms with Gasteiger partial charge in [-0.3, -0.25) is 0 Å². The van der Waals surface area contributed by atoms with E-state index in [0.717, 1.165) is 22.4 Å². The van der Waals surface area contributed by atoms with E-state index < -0.39 is 0 Å². The van der Waals surface area contributed by atoms with Crippen LogP contribution in [0.25, 0.3) is 11.1 Å². The van der Waals surface area contributed by atoms with Crippen LogP contribution in [0.4, 0.5) is 0 Å². The number of rotatable bonds is 4. The lowest BCUT2D eigenvalue weighted by atomic mass is 10.0. The van der Waals surface area contributed by atoms with E-state index in [-0.39, 0.29) is 6.61 Å². The molecule has 2 heteroatoms. The van der Waals surface area contributed by atoms with Gasteiger partial charge in [0.1, 0.15) is 5.75 Å². The molecule has 0 heterocycles. The average Bonchev–Trinajstić information content (AvgIpc) is 2.40. The largest absolute Gasteiger partial charge is 0.497 e. The molecule has 0 aromatic heterocycles. The highest BCUT2D eigenvalue weighted by Crippen LogP contribution is 2.26. The lowest BCUT2D eigenvalue weighted by Gasteiger charge is -2.08. The van der Waals surface area contributed by atoms with E-state index in [1.165, 1.54) is 0 Å². The Labute approximate surface area is 101 Å². The van der Waals surface area contributed by atoms with Crippen LogP contribution in [-0.2, 0) is 6.42 Å². The third-order valence-electron chi connectivity index (χ3n) is 2.71. The van der Waals surface area contributed by atoms with Crippen molar-refractivity contribution in [3.05, 3.63) is 54.1 Å². The summed E-state index contributed by atoms with van der Waals surface area (Å²) in [5, 5.41) is 9.00. The van der Waals surface area contributed by atoms with Gasteiger partial charge < -0.3 is 9.84 Å². The molecule has 2 aromatic carbocycles. The maximum atomic E-state index is 9.00. The zero-order valence-corrected chi connectivity index (χ0v) is 9.89. The molecule has 0 spiro atoms. The second kappa shape index (κ2) is 5.51. The molecule has 1 N–H and O–H groups in total. The number of hydrogen-bond acceptors (Lipinski definition) is 2. The lowest BCUT2D eigenvalue weighted by molar-refractivity contribution is 0.299. The molecule has 0 saturated carbocycles. The highest BCUT2D eigenvalue weighted by Gasteiger charge is 2.03. The Bertz CT molecular complexity index is 478. The van der Waals surface area contributed by atoms with Gasteiger partial charge in [-0.25, -0.2) is 0 Å². The van der Waals surface area contributed by atoms with Crippen molar-refractivity contribution in [2.75, 3.05) is 13.7 Å². The quantitative estimate of drug-likeness (QED) is 0.871. The summed E-state index contributed by atoms with van der Waals surface area (Å²) in [5.41, 5.74) is 3.37. The van der Waals surface area contributed by atoms with Crippen LogP contribution in [0.15, 0.2) is 48.5 Å². The minimum absolute atomic E-state index is 0.154. The third-order valence-corrected chi connectivity index (χ3v) is 2.71. The fourth-order valence-corrected chi connectivity index (χ4v) is 1.85. The van der Waals surface area contributed by atoms with Gasteiger partial charge in [0.2, 0.25) is 0 Å². The second-order valence-corrected chi connectivity index (χ2v) is 3.91. The molecule has 0 bridgehead atoms. The van der Waals surface area contributed by atoms with Crippen molar-refractivity contribution < 1.29 is 9.84 Å². The van der Waals surface area contributed by atoms with E-state index in [4.69, 9.17) is 9.84 Å². The van der Waals surface area contributed by atoms with Crippen LogP contribution in [0.2, 0.25) is 0 Å². The van der Waals surface area contributed by atoms with Crippen LogP contribution in [0.5, 0.6) is 5.75 Å². The Morgan fingerprint density at radius 2 is 1.76 bits per heavy atom. The molecule has 0 aliphatic heterocycles. The Hall–Kier alpha value is -1.80. The zero-order valence-electron chi connectivity index (χ0n) is 9.89. The topological polar surface area (TPSA) is 29.5 Å². The minimum atomic E-state index is 0.154. The fourth-order valence-electron chi connectivity index (χ4n) is 1.85. The van der Waals surface area contributed by atoms with Crippen molar-refractivity contribution in [1.29, 1.82) is 0 Å². The van der Waals surface area contributed by atoms with Crippen LogP contribution in [0.3, 0.4) is 0 Å². The maximum absolute atomic E-state index is 9.00. The van der Waals surface area contributed by atoms with E-state index in [9.17, 15) is 0 Å². The molecule has 17 heavy (non-hydrogen) atoms. The van der Waals surface area contributed by atoms with Crippen LogP contribution in [0.1, 0.15) is 5.56 Å². The predicted molar refractivity (Wildman–Crippen MR) is 69.2 cm³/mol. The highest BCUT2D eigenvalue weighted by molar-refractivity contribution is 5.66. The van der Waals surface area contributed by atoms with Crippen LogP contribution >= 0.6 is 0 Å². The Morgan fingerprint density at radius 3 is 2.41 bits per heavy atom. The smallest absolute Gasteiger partial charge is 0.119 e. The monoisotopic (exact) mass is 228 g/mol. The number of hydrogen-bond donors (Lipinski definition) is 1. The van der Waals surface area contributed by atoms with E-state index >= 15 is 0 Å². The van der Waals surface area contributed by atoms with Crippen molar-refractivity contribution in [2.45, 2.75) is 6.42 Å². The summed E-state index contributed by atoms with van der Waals surface area (Å²) in [6.07, 6.45) is 0.650. The van der Waals surface area contributed by atoms with Crippen molar-refractivity contribution in [3.8, 4) is 16.9 Å². The summed E-state index contributed by atoms with van der Waals surface area (Å²) < 4.78 is 5.28. The van der Waals surface area contributed by atoms with Crippen molar-refractivity contribution in [3.63, 3.8) is 0 Å². The van der Waals surface area contributed by atoms with Gasteiger partial charge in [-0.1, -0.05) is 36.4 Å². The average molecular weight is 228 g/mol. The summed E-state index contributed by atoms with van der Waals surface area (Å²) in [6.45, 7) is 0.154. The van der Waals surface area contributed by atoms with Gasteiger partial charge in [-0.05, 0) is 35.2 Å². The summed E-state index contributed by atoms with van der Waals surface area (Å²) in [5.74, 6) is 0.829. The first kappa shape index (κ1) is 11.7. The van der Waals surface area contributed by atoms with Gasteiger partial charge in [0, 0.05) is 6.61 Å². The predicted octanol–water partition coefficient (Wildman–Crippen LogP) is 2.90. The van der Waals surface area contributed by atoms with Gasteiger partial charge in [-0.15, -0.1) is 0 Å². The van der Waals surface area contributed by atoms with Crippen molar-refractivity contribution >= 4 is 0 Å². The Balaban J connectivity index is 2.43. The van der Waals surface area contributed by atoms with Crippen molar-refractivity contribution in [1.82, 2.24) is 0 Å². The van der Waals surface area contributed by atoms with Gasteiger partial charge in [0.25, 0.3) is 0 Å². The summed E-state index contributed by atoms with van der Waals surface area (Å²) in [6, 6.07) is 16.2. The normalized spacial score (nSPS) is 10.2. The molecule has 2 nitrogen and oxygen atoms in total. The number of ether oxygens (including phenoxy) is 1. The second-order valence-electron chi connectivity index (χ2n) is 3.91. The van der Waals surface area contributed by atoms with E-state index in [2.05, 4.69) is 18.2 Å². The summed E-state index contributed by atoms with van der Waals surface area (Å²) >= 11 is 0. The van der Waals surface area contributed by atoms with E-state index in [1.54, 1.807) is 7.11 Å². The fraction of sp³-hybridized carbons (Fsp3) is 0.200. The summed E-state index contributed by atoms with van der Waals surface area (Å²) in [4.78, 5) is 0. The molecule has 0 atom stereocenters. The van der Waals surface area contributed by atoms with Gasteiger partial charge in [-0.2, -0.15) is 0 Å². The van der Waals surface area contributed by atoms with Crippen LogP contribution in [0, 0.1) is 0 Å². The molecule has 2 rings (SSSR count). The molecule has 0 fully saturated rings. The SMILES string of the molecule is COc1cc(CCO)cc(-c2ccccc2)c1. The molecule has 0 amide bonds. The van der Waals surface area contributed by atoms with Gasteiger partial charge in [0.05, 0.1) is 7.11 Å². The molecule has 0 unspecified atom stereocenters. The van der Waals surface area contributed by atoms with Gasteiger partial charge >= 0.3 is 0 Å². The summed E-state index contributed by atoms with van der Waals surface area (Å²) in [7, 11) is 1.66. The number of aliphatic hydroxyl groups is 1. The van der Waals surface area contributed by atoms with Crippen molar-refractivity contribution in [2.24, 2.45) is 0 Å². The standard InChI is InChI=1S/C15H16O2/c1-17-15-10-12(7-8-16)9-14(11-15)13-5-3-2-4-6-13/h2-6,9-11,16H,7-8H2,1H3. The molecule has 88 valence electrons. The van der Waals surface area contributed by atoms with E-state index in [1.807, 2.05) is 30.3 Å². The first-order valence-corrected chi connectivity index (χ1v) is 5.67. The molecule has 2 aromatic rings.